The first-order valence-electron chi connectivity index (χ1n) is 6.52. The number of benzene rings is 1. The molecule has 0 aliphatic carbocycles. The van der Waals surface area contributed by atoms with Crippen molar-refractivity contribution in [2.75, 3.05) is 5.75 Å². The number of halogens is 4. The minimum absolute atomic E-state index is 0.141. The molecule has 4 atom stereocenters. The van der Waals surface area contributed by atoms with Crippen molar-refractivity contribution in [1.29, 1.82) is 0 Å². The summed E-state index contributed by atoms with van der Waals surface area (Å²) in [5.74, 6) is -0.645. The van der Waals surface area contributed by atoms with Gasteiger partial charge in [-0.2, -0.15) is 36.7 Å². The number of thioether (sulfide) groups is 2. The Balaban J connectivity index is 2.17. The van der Waals surface area contributed by atoms with Crippen LogP contribution in [0.15, 0.2) is 18.2 Å². The van der Waals surface area contributed by atoms with E-state index >= 15 is 0 Å². The van der Waals surface area contributed by atoms with Crippen LogP contribution in [0.5, 0.6) is 0 Å². The van der Waals surface area contributed by atoms with Gasteiger partial charge in [-0.25, -0.2) is 4.39 Å². The highest BCUT2D eigenvalue weighted by Gasteiger charge is 2.35. The predicted octanol–water partition coefficient (Wildman–Crippen LogP) is 4.50. The van der Waals surface area contributed by atoms with Gasteiger partial charge in [-0.1, -0.05) is 19.9 Å². The number of rotatable bonds is 2. The summed E-state index contributed by atoms with van der Waals surface area (Å²) in [5.41, 5.74) is -1.11. The molecule has 1 nitrogen and oxygen atoms in total. The third-order valence-electron chi connectivity index (χ3n) is 3.57. The van der Waals surface area contributed by atoms with Gasteiger partial charge in [0.15, 0.2) is 0 Å². The van der Waals surface area contributed by atoms with Crippen molar-refractivity contribution in [2.24, 2.45) is 0 Å². The summed E-state index contributed by atoms with van der Waals surface area (Å²) in [6, 6.07) is 2.65. The third-order valence-corrected chi connectivity index (χ3v) is 7.05. The van der Waals surface area contributed by atoms with Crippen LogP contribution in [-0.4, -0.2) is 26.6 Å². The maximum atomic E-state index is 13.6. The molecular formula is C14H16F4OS2. The second-order valence-electron chi connectivity index (χ2n) is 5.10. The fourth-order valence-electron chi connectivity index (χ4n) is 2.13. The summed E-state index contributed by atoms with van der Waals surface area (Å²) in [5, 5.41) is 10.9. The first kappa shape index (κ1) is 17.0. The van der Waals surface area contributed by atoms with Crippen molar-refractivity contribution in [3.63, 3.8) is 0 Å². The zero-order valence-electron chi connectivity index (χ0n) is 11.5. The Kier molecular flexibility index (Phi) is 5.15. The van der Waals surface area contributed by atoms with E-state index in [1.165, 1.54) is 0 Å². The van der Waals surface area contributed by atoms with E-state index in [4.69, 9.17) is 0 Å². The van der Waals surface area contributed by atoms with Crippen molar-refractivity contribution in [2.45, 2.75) is 41.9 Å². The SMILES string of the molecule is CC1SCC(C(O)c2ccc(C(F)(F)F)c(F)c2)SC1C. The van der Waals surface area contributed by atoms with Crippen molar-refractivity contribution in [3.8, 4) is 0 Å². The molecule has 1 fully saturated rings. The minimum Gasteiger partial charge on any atom is -0.387 e. The zero-order valence-corrected chi connectivity index (χ0v) is 13.2. The summed E-state index contributed by atoms with van der Waals surface area (Å²) in [6.45, 7) is 4.15. The highest BCUT2D eigenvalue weighted by atomic mass is 32.2. The van der Waals surface area contributed by atoms with Gasteiger partial charge in [0, 0.05) is 21.5 Å². The molecule has 0 aromatic heterocycles. The lowest BCUT2D eigenvalue weighted by Crippen LogP contribution is -2.30. The van der Waals surface area contributed by atoms with Gasteiger partial charge in [0.2, 0.25) is 0 Å². The van der Waals surface area contributed by atoms with E-state index in [-0.39, 0.29) is 10.8 Å². The van der Waals surface area contributed by atoms with Crippen LogP contribution in [0.2, 0.25) is 0 Å². The molecule has 0 amide bonds. The summed E-state index contributed by atoms with van der Waals surface area (Å²) >= 11 is 3.31. The summed E-state index contributed by atoms with van der Waals surface area (Å²) in [7, 11) is 0. The van der Waals surface area contributed by atoms with Crippen LogP contribution in [0, 0.1) is 5.82 Å². The Morgan fingerprint density at radius 1 is 1.24 bits per heavy atom. The first-order chi connectivity index (χ1) is 9.70. The van der Waals surface area contributed by atoms with E-state index < -0.39 is 23.7 Å². The van der Waals surface area contributed by atoms with E-state index in [0.29, 0.717) is 22.3 Å². The summed E-state index contributed by atoms with van der Waals surface area (Å²) in [4.78, 5) is 0. The van der Waals surface area contributed by atoms with Gasteiger partial charge in [-0.15, -0.1) is 0 Å². The van der Waals surface area contributed by atoms with Crippen LogP contribution in [0.25, 0.3) is 0 Å². The second-order valence-corrected chi connectivity index (χ2v) is 8.13. The monoisotopic (exact) mass is 340 g/mol. The molecule has 1 aromatic rings. The highest BCUT2D eigenvalue weighted by molar-refractivity contribution is 8.07. The molecular weight excluding hydrogens is 324 g/mol. The molecule has 4 unspecified atom stereocenters. The highest BCUT2D eigenvalue weighted by Crippen LogP contribution is 2.41. The van der Waals surface area contributed by atoms with E-state index in [1.807, 2.05) is 0 Å². The van der Waals surface area contributed by atoms with E-state index in [0.717, 1.165) is 12.1 Å². The lowest BCUT2D eigenvalue weighted by molar-refractivity contribution is -0.140. The average Bonchev–Trinajstić information content (AvgIpc) is 2.39. The van der Waals surface area contributed by atoms with E-state index in [9.17, 15) is 22.7 Å². The molecule has 2 rings (SSSR count). The van der Waals surface area contributed by atoms with Crippen LogP contribution in [0.4, 0.5) is 17.6 Å². The molecule has 118 valence electrons. The molecule has 1 N–H and O–H groups in total. The number of aliphatic hydroxyl groups excluding tert-OH is 1. The van der Waals surface area contributed by atoms with Gasteiger partial charge >= 0.3 is 6.18 Å². The molecule has 0 bridgehead atoms. The van der Waals surface area contributed by atoms with Crippen LogP contribution in [0.3, 0.4) is 0 Å². The lowest BCUT2D eigenvalue weighted by atomic mass is 10.0. The maximum absolute atomic E-state index is 13.6. The molecule has 0 radical (unpaired) electrons. The van der Waals surface area contributed by atoms with Gasteiger partial charge in [0.25, 0.3) is 0 Å². The van der Waals surface area contributed by atoms with Crippen molar-refractivity contribution in [1.82, 2.24) is 0 Å². The van der Waals surface area contributed by atoms with E-state index in [1.54, 1.807) is 23.5 Å². The Morgan fingerprint density at radius 3 is 2.43 bits per heavy atom. The first-order valence-corrected chi connectivity index (χ1v) is 8.51. The Labute approximate surface area is 129 Å². The van der Waals surface area contributed by atoms with Crippen LogP contribution in [0.1, 0.15) is 31.1 Å². The van der Waals surface area contributed by atoms with Crippen LogP contribution < -0.4 is 0 Å². The molecule has 21 heavy (non-hydrogen) atoms. The van der Waals surface area contributed by atoms with Crippen molar-refractivity contribution < 1.29 is 22.7 Å². The van der Waals surface area contributed by atoms with E-state index in [2.05, 4.69) is 13.8 Å². The standard InChI is InChI=1S/C14H16F4OS2/c1-7-8(2)21-12(6-20-7)13(19)9-3-4-10(11(15)5-9)14(16,17)18/h3-5,7-8,12-13,19H,6H2,1-2H3. The smallest absolute Gasteiger partial charge is 0.387 e. The number of hydrogen-bond acceptors (Lipinski definition) is 3. The largest absolute Gasteiger partial charge is 0.419 e. The van der Waals surface area contributed by atoms with Crippen molar-refractivity contribution in [3.05, 3.63) is 35.1 Å². The fourth-order valence-corrected chi connectivity index (χ4v) is 5.14. The molecule has 1 aliphatic heterocycles. The molecule has 1 aromatic carbocycles. The number of hydrogen-bond donors (Lipinski definition) is 1. The Bertz CT molecular complexity index is 506. The predicted molar refractivity (Wildman–Crippen MR) is 79.1 cm³/mol. The Hall–Kier alpha value is -0.400. The third kappa shape index (κ3) is 3.87. The van der Waals surface area contributed by atoms with Crippen LogP contribution >= 0.6 is 23.5 Å². The summed E-state index contributed by atoms with van der Waals surface area (Å²) < 4.78 is 51.1. The zero-order chi connectivity index (χ0) is 15.8. The van der Waals surface area contributed by atoms with Crippen molar-refractivity contribution >= 4 is 23.5 Å². The molecule has 1 heterocycles. The van der Waals surface area contributed by atoms with Gasteiger partial charge in [0.1, 0.15) is 5.82 Å². The second kappa shape index (κ2) is 6.38. The average molecular weight is 340 g/mol. The maximum Gasteiger partial charge on any atom is 0.419 e. The molecule has 0 spiro atoms. The molecule has 1 aliphatic rings. The summed E-state index contributed by atoms with van der Waals surface area (Å²) in [6.07, 6.45) is -5.68. The number of alkyl halides is 3. The Morgan fingerprint density at radius 2 is 1.90 bits per heavy atom. The molecule has 1 saturated heterocycles. The normalized spacial score (nSPS) is 28.4. The fraction of sp³-hybridized carbons (Fsp3) is 0.571. The van der Waals surface area contributed by atoms with Crippen LogP contribution in [-0.2, 0) is 6.18 Å². The van der Waals surface area contributed by atoms with Gasteiger partial charge in [-0.3, -0.25) is 0 Å². The molecule has 0 saturated carbocycles. The van der Waals surface area contributed by atoms with Gasteiger partial charge in [-0.05, 0) is 17.7 Å². The topological polar surface area (TPSA) is 20.2 Å². The molecule has 7 heteroatoms. The van der Waals surface area contributed by atoms with Gasteiger partial charge in [0.05, 0.1) is 11.7 Å². The number of aliphatic hydroxyl groups is 1. The quantitative estimate of drug-likeness (QED) is 0.800. The van der Waals surface area contributed by atoms with Gasteiger partial charge < -0.3 is 5.11 Å². The minimum atomic E-state index is -4.72. The lowest BCUT2D eigenvalue weighted by Gasteiger charge is -2.34.